The first-order valence-electron chi connectivity index (χ1n) is 11.8. The van der Waals surface area contributed by atoms with E-state index in [-0.39, 0.29) is 17.5 Å². The fraction of sp³-hybridized carbons (Fsp3) is 0.480. The van der Waals surface area contributed by atoms with Gasteiger partial charge in [0.15, 0.2) is 11.6 Å². The molecular weight excluding hydrogens is 432 g/mol. The fourth-order valence-electron chi connectivity index (χ4n) is 5.02. The zero-order valence-electron chi connectivity index (χ0n) is 19.9. The lowest BCUT2D eigenvalue weighted by atomic mass is 9.84. The Hall–Kier alpha value is -3.33. The highest BCUT2D eigenvalue weighted by Gasteiger charge is 2.36. The zero-order chi connectivity index (χ0) is 23.9. The molecule has 2 aliphatic heterocycles. The number of carbonyl (C=O) groups is 1. The molecule has 0 aliphatic carbocycles. The predicted molar refractivity (Wildman–Crippen MR) is 133 cm³/mol. The molecule has 2 atom stereocenters. The van der Waals surface area contributed by atoms with Crippen molar-refractivity contribution >= 4 is 28.5 Å². The van der Waals surface area contributed by atoms with Gasteiger partial charge < -0.3 is 29.9 Å². The van der Waals surface area contributed by atoms with Crippen LogP contribution < -0.4 is 15.1 Å². The van der Waals surface area contributed by atoms with Crippen molar-refractivity contribution in [3.8, 4) is 11.4 Å². The molecule has 34 heavy (non-hydrogen) atoms. The highest BCUT2D eigenvalue weighted by Crippen LogP contribution is 2.37. The van der Waals surface area contributed by atoms with Crippen molar-refractivity contribution in [2.75, 3.05) is 42.6 Å². The molecule has 1 fully saturated rings. The molecular formula is C25H32N6O3. The topological polar surface area (TPSA) is 107 Å². The number of amides is 1. The number of nitrogens with one attached hydrogen (secondary N) is 2. The average molecular weight is 465 g/mol. The number of aromatic nitrogens is 3. The summed E-state index contributed by atoms with van der Waals surface area (Å²) in [5.74, 6) is 1.63. The molecule has 1 saturated heterocycles. The number of carboxylic acid groups (broad SMARTS) is 1. The third kappa shape index (κ3) is 4.27. The molecule has 5 rings (SSSR count). The van der Waals surface area contributed by atoms with Gasteiger partial charge >= 0.3 is 6.09 Å². The van der Waals surface area contributed by atoms with Crippen LogP contribution in [0.5, 0.6) is 0 Å². The summed E-state index contributed by atoms with van der Waals surface area (Å²) in [5, 5.41) is 13.1. The number of aromatic amines is 1. The third-order valence-corrected chi connectivity index (χ3v) is 6.89. The molecule has 2 aromatic heterocycles. The van der Waals surface area contributed by atoms with Gasteiger partial charge in [0.1, 0.15) is 0 Å². The number of morpholine rings is 1. The summed E-state index contributed by atoms with van der Waals surface area (Å²) in [7, 11) is 0. The van der Waals surface area contributed by atoms with E-state index in [9.17, 15) is 9.90 Å². The van der Waals surface area contributed by atoms with Crippen molar-refractivity contribution in [3.05, 3.63) is 36.7 Å². The van der Waals surface area contributed by atoms with Crippen LogP contribution in [0.25, 0.3) is 22.3 Å². The summed E-state index contributed by atoms with van der Waals surface area (Å²) in [4.78, 5) is 29.1. The van der Waals surface area contributed by atoms with Crippen LogP contribution in [0.15, 0.2) is 36.7 Å². The van der Waals surface area contributed by atoms with Crippen LogP contribution in [-0.2, 0) is 4.74 Å². The molecule has 9 heteroatoms. The van der Waals surface area contributed by atoms with E-state index in [4.69, 9.17) is 14.7 Å². The van der Waals surface area contributed by atoms with Crippen LogP contribution >= 0.6 is 0 Å². The first kappa shape index (κ1) is 22.5. The van der Waals surface area contributed by atoms with Gasteiger partial charge in [-0.3, -0.25) is 0 Å². The van der Waals surface area contributed by atoms with E-state index >= 15 is 0 Å². The van der Waals surface area contributed by atoms with Crippen LogP contribution in [0.2, 0.25) is 0 Å². The lowest BCUT2D eigenvalue weighted by Crippen LogP contribution is -2.56. The van der Waals surface area contributed by atoms with Crippen molar-refractivity contribution in [2.24, 2.45) is 5.41 Å². The number of benzene rings is 1. The number of anilines is 2. The molecule has 4 heterocycles. The maximum absolute atomic E-state index is 11.4. The second-order valence-corrected chi connectivity index (χ2v) is 10.2. The van der Waals surface area contributed by atoms with E-state index in [2.05, 4.69) is 53.0 Å². The number of ether oxygens (including phenoxy) is 1. The van der Waals surface area contributed by atoms with E-state index in [1.807, 2.05) is 24.5 Å². The molecule has 3 N–H and O–H groups in total. The summed E-state index contributed by atoms with van der Waals surface area (Å²) in [6.07, 6.45) is 3.56. The second kappa shape index (κ2) is 8.79. The largest absolute Gasteiger partial charge is 0.465 e. The Bertz CT molecular complexity index is 1190. The van der Waals surface area contributed by atoms with Gasteiger partial charge in [-0.05, 0) is 24.0 Å². The van der Waals surface area contributed by atoms with Crippen molar-refractivity contribution in [1.29, 1.82) is 0 Å². The van der Waals surface area contributed by atoms with Crippen LogP contribution in [0.3, 0.4) is 0 Å². The monoisotopic (exact) mass is 464 g/mol. The van der Waals surface area contributed by atoms with Gasteiger partial charge in [-0.1, -0.05) is 32.9 Å². The smallest absolute Gasteiger partial charge is 0.404 e. The van der Waals surface area contributed by atoms with Gasteiger partial charge in [-0.2, -0.15) is 0 Å². The lowest BCUT2D eigenvalue weighted by molar-refractivity contribution is 0.0935. The number of hydrogen-bond donors (Lipinski definition) is 3. The number of rotatable bonds is 5. The van der Waals surface area contributed by atoms with Crippen molar-refractivity contribution in [1.82, 2.24) is 20.3 Å². The number of H-pyrrole nitrogens is 1. The molecule has 0 spiro atoms. The van der Waals surface area contributed by atoms with Crippen molar-refractivity contribution in [3.63, 3.8) is 0 Å². The Morgan fingerprint density at radius 3 is 3.00 bits per heavy atom. The Balaban J connectivity index is 1.48. The van der Waals surface area contributed by atoms with E-state index < -0.39 is 6.09 Å². The summed E-state index contributed by atoms with van der Waals surface area (Å²) in [6, 6.07) is 8.21. The Kier molecular flexibility index (Phi) is 5.81. The molecule has 2 aliphatic rings. The second-order valence-electron chi connectivity index (χ2n) is 10.2. The molecule has 0 saturated carbocycles. The number of hydrogen-bond acceptors (Lipinski definition) is 6. The first-order chi connectivity index (χ1) is 16.3. The summed E-state index contributed by atoms with van der Waals surface area (Å²) < 4.78 is 5.79. The number of fused-ring (bicyclic) bond motifs is 4. The maximum atomic E-state index is 11.4. The van der Waals surface area contributed by atoms with Gasteiger partial charge in [0.05, 0.1) is 31.1 Å². The van der Waals surface area contributed by atoms with E-state index in [0.717, 1.165) is 41.1 Å². The molecule has 9 nitrogen and oxygen atoms in total. The van der Waals surface area contributed by atoms with Crippen molar-refractivity contribution < 1.29 is 14.6 Å². The van der Waals surface area contributed by atoms with Gasteiger partial charge in [0.2, 0.25) is 0 Å². The molecule has 2 unspecified atom stereocenters. The van der Waals surface area contributed by atoms with Crippen LogP contribution in [-0.4, -0.2) is 71.1 Å². The summed E-state index contributed by atoms with van der Waals surface area (Å²) in [5.41, 5.74) is 2.86. The standard InChI is InChI=1S/C25H32N6O3/c1-25(2,3)21(28-24(32)33)8-10-30-14-16-15-34-12-11-31(16)23-20(30)13-27-22(29-23)18-5-4-6-19-17(18)7-9-26-19/h4-7,9,13,16,21,26,28H,8,10-12,14-15H2,1-3H3,(H,32,33). The highest BCUT2D eigenvalue weighted by atomic mass is 16.5. The highest BCUT2D eigenvalue weighted by molar-refractivity contribution is 5.93. The van der Waals surface area contributed by atoms with Crippen LogP contribution in [0, 0.1) is 5.41 Å². The van der Waals surface area contributed by atoms with Gasteiger partial charge in [0.25, 0.3) is 0 Å². The van der Waals surface area contributed by atoms with Gasteiger partial charge in [-0.25, -0.2) is 14.8 Å². The minimum atomic E-state index is -0.988. The Morgan fingerprint density at radius 1 is 1.35 bits per heavy atom. The quantitative estimate of drug-likeness (QED) is 0.528. The Morgan fingerprint density at radius 2 is 2.21 bits per heavy atom. The first-order valence-corrected chi connectivity index (χ1v) is 11.8. The van der Waals surface area contributed by atoms with Crippen LogP contribution in [0.1, 0.15) is 27.2 Å². The Labute approximate surface area is 199 Å². The normalized spacial score (nSPS) is 19.0. The molecule has 180 valence electrons. The zero-order valence-corrected chi connectivity index (χ0v) is 19.9. The lowest BCUT2D eigenvalue weighted by Gasteiger charge is -2.46. The summed E-state index contributed by atoms with van der Waals surface area (Å²) in [6.45, 7) is 9.81. The van der Waals surface area contributed by atoms with Crippen molar-refractivity contribution in [2.45, 2.75) is 39.3 Å². The molecule has 1 amide bonds. The minimum absolute atomic E-state index is 0.166. The molecule has 3 aromatic rings. The average Bonchev–Trinajstić information content (AvgIpc) is 3.29. The summed E-state index contributed by atoms with van der Waals surface area (Å²) >= 11 is 0. The van der Waals surface area contributed by atoms with Crippen LogP contribution in [0.4, 0.5) is 16.3 Å². The molecule has 0 bridgehead atoms. The van der Waals surface area contributed by atoms with E-state index in [0.29, 0.717) is 32.0 Å². The van der Waals surface area contributed by atoms with Gasteiger partial charge in [0, 0.05) is 48.3 Å². The third-order valence-electron chi connectivity index (χ3n) is 6.89. The predicted octanol–water partition coefficient (Wildman–Crippen LogP) is 3.72. The maximum Gasteiger partial charge on any atom is 0.404 e. The SMILES string of the molecule is CC(C)(C)C(CCN1CC2COCCN2c2nc(-c3cccc4[nH]ccc34)ncc21)NC(=O)O. The minimum Gasteiger partial charge on any atom is -0.465 e. The van der Waals surface area contributed by atoms with E-state index in [1.165, 1.54) is 0 Å². The van der Waals surface area contributed by atoms with E-state index in [1.54, 1.807) is 0 Å². The number of nitrogens with zero attached hydrogens (tertiary/aromatic N) is 4. The van der Waals surface area contributed by atoms with Gasteiger partial charge in [-0.15, -0.1) is 0 Å². The molecule has 1 aromatic carbocycles. The molecule has 0 radical (unpaired) electrons. The fourth-order valence-corrected chi connectivity index (χ4v) is 5.02.